The van der Waals surface area contributed by atoms with Gasteiger partial charge in [0.2, 0.25) is 0 Å². The van der Waals surface area contributed by atoms with E-state index in [1.165, 1.54) is 17.0 Å². The van der Waals surface area contributed by atoms with E-state index in [2.05, 4.69) is 29.0 Å². The van der Waals surface area contributed by atoms with Gasteiger partial charge < -0.3 is 0 Å². The molecule has 0 unspecified atom stereocenters. The molecule has 0 radical (unpaired) electrons. The number of hydrogen-bond acceptors (Lipinski definition) is 4. The third-order valence-electron chi connectivity index (χ3n) is 3.75. The molecule has 0 spiro atoms. The second-order valence-electron chi connectivity index (χ2n) is 5.82. The molecule has 0 N–H and O–H groups in total. The van der Waals surface area contributed by atoms with Gasteiger partial charge in [-0.25, -0.2) is 4.98 Å². The molecule has 2 heterocycles. The van der Waals surface area contributed by atoms with Crippen LogP contribution in [-0.4, -0.2) is 14.9 Å². The topological polar surface area (TPSA) is 68.9 Å². The van der Waals surface area contributed by atoms with E-state index in [-0.39, 0.29) is 5.69 Å². The summed E-state index contributed by atoms with van der Waals surface area (Å²) < 4.78 is 0. The number of fused-ring (bicyclic) bond motifs is 2. The number of hydrogen-bond donors (Lipinski definition) is 0. The maximum atomic E-state index is 10.7. The van der Waals surface area contributed by atoms with Crippen molar-refractivity contribution in [2.75, 3.05) is 0 Å². The first-order valence-corrected chi connectivity index (χ1v) is 7.86. The van der Waals surface area contributed by atoms with Gasteiger partial charge in [0.05, 0.1) is 10.4 Å². The number of aromatic nitrogens is 2. The van der Waals surface area contributed by atoms with Crippen molar-refractivity contribution in [2.45, 2.75) is 13.8 Å². The lowest BCUT2D eigenvalue weighted by Crippen LogP contribution is -1.91. The van der Waals surface area contributed by atoms with Gasteiger partial charge in [-0.05, 0) is 43.2 Å². The summed E-state index contributed by atoms with van der Waals surface area (Å²) in [6, 6.07) is 17.1. The number of non-ortho nitro benzene ring substituents is 1. The number of nitro groups is 1. The predicted octanol–water partition coefficient (Wildman–Crippen LogP) is 4.99. The summed E-state index contributed by atoms with van der Waals surface area (Å²) >= 11 is 0. The van der Waals surface area contributed by atoms with Crippen LogP contribution in [0, 0.1) is 24.0 Å². The lowest BCUT2D eigenvalue weighted by molar-refractivity contribution is -0.383. The third-order valence-corrected chi connectivity index (χ3v) is 3.75. The Morgan fingerprint density at radius 2 is 1.48 bits per heavy atom. The highest BCUT2D eigenvalue weighted by atomic mass is 16.6. The Morgan fingerprint density at radius 3 is 2.24 bits per heavy atom. The fourth-order valence-electron chi connectivity index (χ4n) is 2.58. The number of rotatable bonds is 1. The van der Waals surface area contributed by atoms with Crippen LogP contribution in [0.15, 0.2) is 67.0 Å². The van der Waals surface area contributed by atoms with Crippen LogP contribution in [0.3, 0.4) is 0 Å². The summed E-state index contributed by atoms with van der Waals surface area (Å²) in [5, 5.41) is 12.7. The lowest BCUT2D eigenvalue weighted by atomic mass is 10.1. The Bertz CT molecular complexity index is 1060. The number of pyridine rings is 2. The number of nitro benzene ring substituents is 1. The van der Waals surface area contributed by atoms with Crippen molar-refractivity contribution in [1.29, 1.82) is 0 Å². The molecule has 0 aliphatic carbocycles. The van der Waals surface area contributed by atoms with E-state index in [4.69, 9.17) is 0 Å². The smallest absolute Gasteiger partial charge is 0.258 e. The molecule has 0 saturated heterocycles. The van der Waals surface area contributed by atoms with Crippen LogP contribution in [-0.2, 0) is 0 Å². The fraction of sp³-hybridized carbons (Fsp3) is 0.100. The van der Waals surface area contributed by atoms with Gasteiger partial charge in [0.1, 0.15) is 5.52 Å². The van der Waals surface area contributed by atoms with Crippen LogP contribution in [0.25, 0.3) is 21.8 Å². The molecule has 0 atom stereocenters. The van der Waals surface area contributed by atoms with Crippen molar-refractivity contribution < 1.29 is 4.92 Å². The maximum absolute atomic E-state index is 10.7. The van der Waals surface area contributed by atoms with Gasteiger partial charge in [-0.3, -0.25) is 15.1 Å². The molecule has 0 aliphatic rings. The zero-order chi connectivity index (χ0) is 17.8. The Balaban J connectivity index is 0.000000150. The molecule has 0 saturated carbocycles. The number of para-hydroxylation sites is 2. The van der Waals surface area contributed by atoms with Gasteiger partial charge in [-0.1, -0.05) is 30.3 Å². The van der Waals surface area contributed by atoms with Crippen LogP contribution in [0.5, 0.6) is 0 Å². The maximum Gasteiger partial charge on any atom is 0.295 e. The molecule has 0 aliphatic heterocycles. The van der Waals surface area contributed by atoms with Crippen molar-refractivity contribution in [1.82, 2.24) is 9.97 Å². The summed E-state index contributed by atoms with van der Waals surface area (Å²) in [5.41, 5.74) is 3.78. The van der Waals surface area contributed by atoms with E-state index in [1.807, 2.05) is 43.5 Å². The van der Waals surface area contributed by atoms with Gasteiger partial charge in [-0.15, -0.1) is 0 Å². The molecule has 2 aromatic heterocycles. The molecule has 4 rings (SSSR count). The summed E-state index contributed by atoms with van der Waals surface area (Å²) in [6.45, 7) is 3.96. The van der Waals surface area contributed by atoms with Crippen LogP contribution >= 0.6 is 0 Å². The number of aryl methyl sites for hydroxylation is 2. The number of benzene rings is 2. The van der Waals surface area contributed by atoms with Gasteiger partial charge in [0.15, 0.2) is 0 Å². The van der Waals surface area contributed by atoms with Crippen molar-refractivity contribution in [3.63, 3.8) is 0 Å². The zero-order valence-corrected chi connectivity index (χ0v) is 14.0. The molecule has 5 heteroatoms. The highest BCUT2D eigenvalue weighted by molar-refractivity contribution is 5.87. The molecule has 5 nitrogen and oxygen atoms in total. The minimum absolute atomic E-state index is 0.0579. The largest absolute Gasteiger partial charge is 0.295 e. The lowest BCUT2D eigenvalue weighted by Gasteiger charge is -1.98. The SMILES string of the molecule is Cc1cnc2c([N+](=O)[O-])cccc2c1.Cc1cnc2ccccc2c1. The summed E-state index contributed by atoms with van der Waals surface area (Å²) in [7, 11) is 0. The quantitative estimate of drug-likeness (QED) is 0.364. The summed E-state index contributed by atoms with van der Waals surface area (Å²) in [5.74, 6) is 0. The molecule has 2 aromatic carbocycles. The highest BCUT2D eigenvalue weighted by Crippen LogP contribution is 2.23. The van der Waals surface area contributed by atoms with E-state index in [9.17, 15) is 10.1 Å². The van der Waals surface area contributed by atoms with Crippen LogP contribution in [0.1, 0.15) is 11.1 Å². The average molecular weight is 331 g/mol. The molecule has 0 amide bonds. The minimum atomic E-state index is -0.412. The highest BCUT2D eigenvalue weighted by Gasteiger charge is 2.11. The fourth-order valence-corrected chi connectivity index (χ4v) is 2.58. The second-order valence-corrected chi connectivity index (χ2v) is 5.82. The van der Waals surface area contributed by atoms with E-state index in [1.54, 1.807) is 12.3 Å². The van der Waals surface area contributed by atoms with E-state index >= 15 is 0 Å². The first-order valence-electron chi connectivity index (χ1n) is 7.86. The van der Waals surface area contributed by atoms with E-state index < -0.39 is 4.92 Å². The Kier molecular flexibility index (Phi) is 4.66. The molecular formula is C20H17N3O2. The summed E-state index contributed by atoms with van der Waals surface area (Å²) in [4.78, 5) is 18.6. The Morgan fingerprint density at radius 1 is 0.840 bits per heavy atom. The molecule has 25 heavy (non-hydrogen) atoms. The monoisotopic (exact) mass is 331 g/mol. The van der Waals surface area contributed by atoms with E-state index in [0.29, 0.717) is 5.52 Å². The predicted molar refractivity (Wildman–Crippen MR) is 99.6 cm³/mol. The van der Waals surface area contributed by atoms with Crippen molar-refractivity contribution in [3.8, 4) is 0 Å². The zero-order valence-electron chi connectivity index (χ0n) is 14.0. The molecule has 124 valence electrons. The van der Waals surface area contributed by atoms with Gasteiger partial charge in [-0.2, -0.15) is 0 Å². The third kappa shape index (κ3) is 3.77. The molecule has 0 bridgehead atoms. The average Bonchev–Trinajstić information content (AvgIpc) is 2.61. The second kappa shape index (κ2) is 7.05. The minimum Gasteiger partial charge on any atom is -0.258 e. The van der Waals surface area contributed by atoms with E-state index in [0.717, 1.165) is 16.5 Å². The molecular weight excluding hydrogens is 314 g/mol. The van der Waals surface area contributed by atoms with Crippen LogP contribution < -0.4 is 0 Å². The van der Waals surface area contributed by atoms with Gasteiger partial charge in [0.25, 0.3) is 5.69 Å². The van der Waals surface area contributed by atoms with Crippen LogP contribution in [0.2, 0.25) is 0 Å². The Hall–Kier alpha value is -3.34. The van der Waals surface area contributed by atoms with Crippen LogP contribution in [0.4, 0.5) is 5.69 Å². The molecule has 4 aromatic rings. The van der Waals surface area contributed by atoms with Crippen molar-refractivity contribution in [3.05, 3.63) is 88.2 Å². The Labute approximate surface area is 145 Å². The van der Waals surface area contributed by atoms with Gasteiger partial charge >= 0.3 is 0 Å². The van der Waals surface area contributed by atoms with Crippen molar-refractivity contribution in [2.24, 2.45) is 0 Å². The first-order chi connectivity index (χ1) is 12.0. The normalized spacial score (nSPS) is 10.3. The number of nitrogens with zero attached hydrogens (tertiary/aromatic N) is 3. The van der Waals surface area contributed by atoms with Gasteiger partial charge in [0, 0.05) is 29.2 Å². The first kappa shape index (κ1) is 16.5. The standard InChI is InChI=1S/C10H8N2O2.C10H9N/c1-7-5-8-3-2-4-9(12(13)14)10(8)11-6-7;1-8-6-9-4-2-3-5-10(9)11-7-8/h2-6H,1H3;2-7H,1H3. The molecule has 0 fully saturated rings. The summed E-state index contributed by atoms with van der Waals surface area (Å²) in [6.07, 6.45) is 3.53. The van der Waals surface area contributed by atoms with Crippen molar-refractivity contribution >= 4 is 27.5 Å².